The lowest BCUT2D eigenvalue weighted by atomic mass is 10.0. The third-order valence-corrected chi connectivity index (χ3v) is 4.43. The summed E-state index contributed by atoms with van der Waals surface area (Å²) in [6.45, 7) is 10.6. The second-order valence-corrected chi connectivity index (χ2v) is 6.24. The number of carbonyl (C=O) groups excluding carboxylic acids is 3. The molecule has 0 saturated carbocycles. The van der Waals surface area contributed by atoms with Crippen molar-refractivity contribution in [2.45, 2.75) is 54.5 Å². The Kier molecular flexibility index (Phi) is 5.79. The second kappa shape index (κ2) is 7.68. The predicted octanol–water partition coefficient (Wildman–Crippen LogP) is 2.96. The van der Waals surface area contributed by atoms with Crippen molar-refractivity contribution in [3.05, 3.63) is 39.5 Å². The number of hydrogen-bond acceptors (Lipinski definition) is 5. The van der Waals surface area contributed by atoms with Crippen LogP contribution >= 0.6 is 0 Å². The highest BCUT2D eigenvalue weighted by Crippen LogP contribution is 2.22. The molecule has 0 fully saturated rings. The maximum absolute atomic E-state index is 12.8. The molecule has 2 aromatic heterocycles. The lowest BCUT2D eigenvalue weighted by molar-refractivity contribution is 0.0524. The summed E-state index contributed by atoms with van der Waals surface area (Å²) in [5.41, 5.74) is 3.93. The van der Waals surface area contributed by atoms with E-state index in [1.165, 1.54) is 11.6 Å². The van der Waals surface area contributed by atoms with Gasteiger partial charge in [-0.25, -0.2) is 4.79 Å². The van der Waals surface area contributed by atoms with Gasteiger partial charge in [0.15, 0.2) is 5.78 Å². The number of aromatic amines is 1. The van der Waals surface area contributed by atoms with Gasteiger partial charge in [-0.2, -0.15) is 5.10 Å². The summed E-state index contributed by atoms with van der Waals surface area (Å²) >= 11 is 0. The Morgan fingerprint density at radius 1 is 1.12 bits per heavy atom. The SMILES string of the molecule is CCOC(=O)c1c(C)nn(CC(=O)c2[nH]c(C)c(C(C)=O)c2CC)c1C. The molecule has 7 nitrogen and oxygen atoms in total. The number of H-pyrrole nitrogens is 1. The number of carbonyl (C=O) groups is 3. The first kappa shape index (κ1) is 19.6. The molecule has 26 heavy (non-hydrogen) atoms. The van der Waals surface area contributed by atoms with E-state index >= 15 is 0 Å². The average Bonchev–Trinajstić information content (AvgIpc) is 3.04. The number of nitrogens with zero attached hydrogens (tertiary/aromatic N) is 2. The smallest absolute Gasteiger partial charge is 0.341 e. The van der Waals surface area contributed by atoms with Gasteiger partial charge >= 0.3 is 5.97 Å². The van der Waals surface area contributed by atoms with E-state index < -0.39 is 5.97 Å². The van der Waals surface area contributed by atoms with Gasteiger partial charge in [0.05, 0.1) is 23.7 Å². The van der Waals surface area contributed by atoms with E-state index in [2.05, 4.69) is 10.1 Å². The van der Waals surface area contributed by atoms with E-state index in [9.17, 15) is 14.4 Å². The molecule has 2 heterocycles. The Hall–Kier alpha value is -2.70. The monoisotopic (exact) mass is 359 g/mol. The summed E-state index contributed by atoms with van der Waals surface area (Å²) in [4.78, 5) is 39.8. The molecular weight excluding hydrogens is 334 g/mol. The fourth-order valence-electron chi connectivity index (χ4n) is 3.31. The van der Waals surface area contributed by atoms with Gasteiger partial charge in [-0.3, -0.25) is 14.3 Å². The molecule has 0 radical (unpaired) electrons. The second-order valence-electron chi connectivity index (χ2n) is 6.24. The summed E-state index contributed by atoms with van der Waals surface area (Å²) in [7, 11) is 0. The number of aromatic nitrogens is 3. The third-order valence-electron chi connectivity index (χ3n) is 4.43. The Morgan fingerprint density at radius 3 is 2.31 bits per heavy atom. The van der Waals surface area contributed by atoms with Crippen molar-refractivity contribution in [3.8, 4) is 0 Å². The van der Waals surface area contributed by atoms with Crippen molar-refractivity contribution in [2.75, 3.05) is 6.61 Å². The molecule has 0 spiro atoms. The molecule has 0 aliphatic carbocycles. The van der Waals surface area contributed by atoms with Crippen molar-refractivity contribution in [1.29, 1.82) is 0 Å². The highest BCUT2D eigenvalue weighted by Gasteiger charge is 2.24. The highest BCUT2D eigenvalue weighted by molar-refractivity contribution is 6.03. The fraction of sp³-hybridized carbons (Fsp3) is 0.474. The Morgan fingerprint density at radius 2 is 1.77 bits per heavy atom. The fourth-order valence-corrected chi connectivity index (χ4v) is 3.31. The van der Waals surface area contributed by atoms with Crippen molar-refractivity contribution in [1.82, 2.24) is 14.8 Å². The topological polar surface area (TPSA) is 94.0 Å². The molecule has 7 heteroatoms. The van der Waals surface area contributed by atoms with Crippen molar-refractivity contribution in [2.24, 2.45) is 0 Å². The van der Waals surface area contributed by atoms with E-state index in [0.717, 1.165) is 5.56 Å². The summed E-state index contributed by atoms with van der Waals surface area (Å²) in [5.74, 6) is -0.686. The first-order valence-corrected chi connectivity index (χ1v) is 8.69. The number of rotatable bonds is 7. The summed E-state index contributed by atoms with van der Waals surface area (Å²) < 4.78 is 6.56. The molecule has 2 rings (SSSR count). The molecule has 0 unspecified atom stereocenters. The number of ketones is 2. The van der Waals surface area contributed by atoms with E-state index in [0.29, 0.717) is 40.3 Å². The van der Waals surface area contributed by atoms with Crippen LogP contribution < -0.4 is 0 Å². The Bertz CT molecular complexity index is 874. The summed E-state index contributed by atoms with van der Waals surface area (Å²) in [5, 5.41) is 4.31. The van der Waals surface area contributed by atoms with Crippen LogP contribution in [0.5, 0.6) is 0 Å². The van der Waals surface area contributed by atoms with Gasteiger partial charge in [-0.15, -0.1) is 0 Å². The number of Topliss-reactive ketones (excluding diaryl/α,β-unsaturated/α-hetero) is 2. The number of aryl methyl sites for hydroxylation is 2. The lowest BCUT2D eigenvalue weighted by Gasteiger charge is -2.06. The number of hydrogen-bond donors (Lipinski definition) is 1. The summed E-state index contributed by atoms with van der Waals surface area (Å²) in [6, 6.07) is 0. The number of ether oxygens (including phenoxy) is 1. The van der Waals surface area contributed by atoms with E-state index in [1.54, 1.807) is 27.7 Å². The van der Waals surface area contributed by atoms with Gasteiger partial charge in [0.25, 0.3) is 0 Å². The molecule has 140 valence electrons. The molecular formula is C19H25N3O4. The van der Waals surface area contributed by atoms with Crippen LogP contribution in [0, 0.1) is 20.8 Å². The maximum atomic E-state index is 12.8. The first-order valence-electron chi connectivity index (χ1n) is 8.69. The molecule has 0 aromatic carbocycles. The Balaban J connectivity index is 2.38. The quantitative estimate of drug-likeness (QED) is 0.606. The minimum absolute atomic E-state index is 0.0175. The van der Waals surface area contributed by atoms with E-state index in [-0.39, 0.29) is 24.7 Å². The van der Waals surface area contributed by atoms with Gasteiger partial charge in [-0.05, 0) is 46.6 Å². The van der Waals surface area contributed by atoms with Gasteiger partial charge in [-0.1, -0.05) is 6.92 Å². The molecule has 0 bridgehead atoms. The normalized spacial score (nSPS) is 10.8. The van der Waals surface area contributed by atoms with Crippen LogP contribution in [0.15, 0.2) is 0 Å². The van der Waals surface area contributed by atoms with Crippen LogP contribution in [0.25, 0.3) is 0 Å². The van der Waals surface area contributed by atoms with Crippen molar-refractivity contribution >= 4 is 17.5 Å². The zero-order valence-corrected chi connectivity index (χ0v) is 16.1. The Labute approximate surface area is 152 Å². The van der Waals surface area contributed by atoms with Gasteiger partial charge in [0.1, 0.15) is 12.1 Å². The van der Waals surface area contributed by atoms with Gasteiger partial charge < -0.3 is 9.72 Å². The van der Waals surface area contributed by atoms with Gasteiger partial charge in [0, 0.05) is 11.3 Å². The standard InChI is InChI=1S/C19H25N3O4/c1-7-14-17(13(6)23)10(3)20-18(14)15(24)9-22-12(5)16(11(4)21-22)19(25)26-8-2/h20H,7-9H2,1-6H3. The van der Waals surface area contributed by atoms with Crippen LogP contribution in [0.1, 0.15) is 74.6 Å². The van der Waals surface area contributed by atoms with Crippen LogP contribution in [0.2, 0.25) is 0 Å². The predicted molar refractivity (Wildman–Crippen MR) is 96.9 cm³/mol. The molecule has 0 aliphatic heterocycles. The third kappa shape index (κ3) is 3.47. The first-order chi connectivity index (χ1) is 12.2. The number of esters is 1. The van der Waals surface area contributed by atoms with E-state index in [1.807, 2.05) is 6.92 Å². The van der Waals surface area contributed by atoms with Crippen LogP contribution in [-0.4, -0.2) is 38.9 Å². The molecule has 0 atom stereocenters. The zero-order chi connectivity index (χ0) is 19.6. The molecule has 0 aliphatic rings. The minimum atomic E-state index is -0.440. The lowest BCUT2D eigenvalue weighted by Crippen LogP contribution is -2.16. The van der Waals surface area contributed by atoms with Crippen molar-refractivity contribution < 1.29 is 19.1 Å². The largest absolute Gasteiger partial charge is 0.462 e. The van der Waals surface area contributed by atoms with Crippen molar-refractivity contribution in [3.63, 3.8) is 0 Å². The van der Waals surface area contributed by atoms with Crippen LogP contribution in [0.3, 0.4) is 0 Å². The van der Waals surface area contributed by atoms with Gasteiger partial charge in [0.2, 0.25) is 5.78 Å². The zero-order valence-electron chi connectivity index (χ0n) is 16.1. The molecule has 0 amide bonds. The number of nitrogens with one attached hydrogen (secondary N) is 1. The van der Waals surface area contributed by atoms with Crippen LogP contribution in [-0.2, 0) is 17.7 Å². The molecule has 1 N–H and O–H groups in total. The van der Waals surface area contributed by atoms with E-state index in [4.69, 9.17) is 4.74 Å². The maximum Gasteiger partial charge on any atom is 0.341 e. The average molecular weight is 359 g/mol. The molecule has 2 aromatic rings. The highest BCUT2D eigenvalue weighted by atomic mass is 16.5. The minimum Gasteiger partial charge on any atom is -0.462 e. The molecule has 0 saturated heterocycles. The van der Waals surface area contributed by atoms with Crippen LogP contribution in [0.4, 0.5) is 0 Å². The summed E-state index contributed by atoms with van der Waals surface area (Å²) in [6.07, 6.45) is 0.575.